The summed E-state index contributed by atoms with van der Waals surface area (Å²) in [5.74, 6) is 0.650. The lowest BCUT2D eigenvalue weighted by molar-refractivity contribution is 1.02. The minimum absolute atomic E-state index is 0.650. The normalized spacial score (nSPS) is 11.6. The van der Waals surface area contributed by atoms with Crippen LogP contribution in [0.15, 0.2) is 146 Å². The molecule has 3 heterocycles. The van der Waals surface area contributed by atoms with Gasteiger partial charge in [0.1, 0.15) is 5.01 Å². The Morgan fingerprint density at radius 2 is 1.14 bits per heavy atom. The fourth-order valence-corrected chi connectivity index (χ4v) is 7.29. The third-order valence-electron chi connectivity index (χ3n) is 8.25. The lowest BCUT2D eigenvalue weighted by Crippen LogP contribution is -2.03. The Bertz CT molecular complexity index is 2440. The molecule has 0 radical (unpaired) electrons. The highest BCUT2D eigenvalue weighted by atomic mass is 32.1. The van der Waals surface area contributed by atoms with E-state index in [0.717, 1.165) is 64.8 Å². The van der Waals surface area contributed by atoms with E-state index in [-0.39, 0.29) is 0 Å². The highest BCUT2D eigenvalue weighted by Gasteiger charge is 2.21. The van der Waals surface area contributed by atoms with Crippen molar-refractivity contribution in [1.29, 1.82) is 0 Å². The van der Waals surface area contributed by atoms with Crippen molar-refractivity contribution in [3.8, 4) is 38.9 Å². The predicted molar refractivity (Wildman–Crippen MR) is 183 cm³/mol. The van der Waals surface area contributed by atoms with Gasteiger partial charge in [0.25, 0.3) is 0 Å². The van der Waals surface area contributed by atoms with Gasteiger partial charge in [0.2, 0.25) is 5.95 Å². The molecule has 0 N–H and O–H groups in total. The zero-order chi connectivity index (χ0) is 29.0. The van der Waals surface area contributed by atoms with E-state index in [9.17, 15) is 0 Å². The Hall–Kier alpha value is -5.65. The van der Waals surface area contributed by atoms with Crippen molar-refractivity contribution >= 4 is 54.3 Å². The molecular formula is C39H24N4S. The van der Waals surface area contributed by atoms with Gasteiger partial charge in [0.15, 0.2) is 0 Å². The first-order valence-electron chi connectivity index (χ1n) is 14.6. The van der Waals surface area contributed by atoms with Gasteiger partial charge in [0, 0.05) is 27.3 Å². The molecule has 0 bridgehead atoms. The van der Waals surface area contributed by atoms with Gasteiger partial charge < -0.3 is 0 Å². The van der Waals surface area contributed by atoms with Crippen LogP contribution in [0.2, 0.25) is 0 Å². The highest BCUT2D eigenvalue weighted by Crippen LogP contribution is 2.42. The molecule has 0 atom stereocenters. The SMILES string of the molecule is c1ccc(-c2ccc3c(c2)c2ccc4nc(-c5ccccc5)sc4c2n3-c2nc(-c3ccccc3)c3ccccc3n2)cc1. The van der Waals surface area contributed by atoms with Crippen LogP contribution in [0.5, 0.6) is 0 Å². The largest absolute Gasteiger partial charge is 0.276 e. The fourth-order valence-electron chi connectivity index (χ4n) is 6.19. The maximum absolute atomic E-state index is 5.30. The molecule has 206 valence electrons. The number of fused-ring (bicyclic) bond motifs is 6. The fraction of sp³-hybridized carbons (Fsp3) is 0. The zero-order valence-electron chi connectivity index (χ0n) is 23.6. The average molecular weight is 581 g/mol. The second kappa shape index (κ2) is 9.97. The number of thiazole rings is 1. The summed E-state index contributed by atoms with van der Waals surface area (Å²) in [5, 5.41) is 4.35. The van der Waals surface area contributed by atoms with Gasteiger partial charge in [0.05, 0.1) is 32.5 Å². The van der Waals surface area contributed by atoms with Crippen molar-refractivity contribution in [1.82, 2.24) is 19.5 Å². The summed E-state index contributed by atoms with van der Waals surface area (Å²) in [7, 11) is 0. The molecule has 0 unspecified atom stereocenters. The summed E-state index contributed by atoms with van der Waals surface area (Å²) < 4.78 is 3.37. The molecule has 4 nitrogen and oxygen atoms in total. The molecule has 9 aromatic rings. The van der Waals surface area contributed by atoms with Crippen molar-refractivity contribution < 1.29 is 0 Å². The first-order chi connectivity index (χ1) is 21.8. The van der Waals surface area contributed by atoms with Crippen molar-refractivity contribution in [3.05, 3.63) is 146 Å². The van der Waals surface area contributed by atoms with Crippen molar-refractivity contribution in [2.75, 3.05) is 0 Å². The lowest BCUT2D eigenvalue weighted by Gasteiger charge is -2.12. The zero-order valence-corrected chi connectivity index (χ0v) is 24.4. The van der Waals surface area contributed by atoms with Crippen molar-refractivity contribution in [2.45, 2.75) is 0 Å². The number of nitrogens with zero attached hydrogens (tertiary/aromatic N) is 4. The summed E-state index contributed by atoms with van der Waals surface area (Å²) in [4.78, 5) is 15.6. The van der Waals surface area contributed by atoms with E-state index < -0.39 is 0 Å². The molecular weight excluding hydrogens is 557 g/mol. The van der Waals surface area contributed by atoms with E-state index >= 15 is 0 Å². The van der Waals surface area contributed by atoms with Gasteiger partial charge in [-0.05, 0) is 41.5 Å². The average Bonchev–Trinajstić information content (AvgIpc) is 3.68. The first-order valence-corrected chi connectivity index (χ1v) is 15.4. The van der Waals surface area contributed by atoms with Gasteiger partial charge >= 0.3 is 0 Å². The minimum Gasteiger partial charge on any atom is -0.276 e. The van der Waals surface area contributed by atoms with Crippen LogP contribution in [0, 0.1) is 0 Å². The molecule has 0 amide bonds. The summed E-state index contributed by atoms with van der Waals surface area (Å²) in [5.41, 5.74) is 9.49. The molecule has 44 heavy (non-hydrogen) atoms. The van der Waals surface area contributed by atoms with Crippen LogP contribution in [-0.4, -0.2) is 19.5 Å². The molecule has 0 spiro atoms. The molecule has 0 aliphatic heterocycles. The molecule has 0 saturated carbocycles. The molecule has 3 aromatic heterocycles. The topological polar surface area (TPSA) is 43.6 Å². The van der Waals surface area contributed by atoms with Crippen molar-refractivity contribution in [2.24, 2.45) is 0 Å². The van der Waals surface area contributed by atoms with E-state index in [0.29, 0.717) is 5.95 Å². The second-order valence-corrected chi connectivity index (χ2v) is 11.9. The van der Waals surface area contributed by atoms with Crippen LogP contribution in [0.3, 0.4) is 0 Å². The number of aromatic nitrogens is 4. The van der Waals surface area contributed by atoms with Gasteiger partial charge in [-0.3, -0.25) is 4.57 Å². The lowest BCUT2D eigenvalue weighted by atomic mass is 10.0. The van der Waals surface area contributed by atoms with Crippen LogP contribution in [-0.2, 0) is 0 Å². The number of rotatable bonds is 4. The van der Waals surface area contributed by atoms with Gasteiger partial charge in [-0.1, -0.05) is 115 Å². The minimum atomic E-state index is 0.650. The van der Waals surface area contributed by atoms with Crippen LogP contribution in [0.1, 0.15) is 0 Å². The summed E-state index contributed by atoms with van der Waals surface area (Å²) in [6.45, 7) is 0. The third kappa shape index (κ3) is 3.94. The molecule has 0 aliphatic rings. The van der Waals surface area contributed by atoms with Crippen molar-refractivity contribution in [3.63, 3.8) is 0 Å². The summed E-state index contributed by atoms with van der Waals surface area (Å²) in [6, 6.07) is 50.7. The van der Waals surface area contributed by atoms with E-state index in [1.165, 1.54) is 11.1 Å². The highest BCUT2D eigenvalue weighted by molar-refractivity contribution is 7.22. The summed E-state index contributed by atoms with van der Waals surface area (Å²) in [6.07, 6.45) is 0. The van der Waals surface area contributed by atoms with Crippen LogP contribution >= 0.6 is 11.3 Å². The number of benzene rings is 6. The molecule has 9 rings (SSSR count). The Morgan fingerprint density at radius 3 is 1.91 bits per heavy atom. The van der Waals surface area contributed by atoms with E-state index in [1.807, 2.05) is 18.2 Å². The number of hydrogen-bond donors (Lipinski definition) is 0. The van der Waals surface area contributed by atoms with E-state index in [4.69, 9.17) is 15.0 Å². The molecule has 0 saturated heterocycles. The van der Waals surface area contributed by atoms with E-state index in [2.05, 4.69) is 132 Å². The van der Waals surface area contributed by atoms with Crippen LogP contribution in [0.4, 0.5) is 0 Å². The maximum Gasteiger partial charge on any atom is 0.235 e. The number of para-hydroxylation sites is 1. The Morgan fingerprint density at radius 1 is 0.455 bits per heavy atom. The van der Waals surface area contributed by atoms with Gasteiger partial charge in [-0.25, -0.2) is 15.0 Å². The van der Waals surface area contributed by atoms with Crippen LogP contribution in [0.25, 0.3) is 81.8 Å². The quantitative estimate of drug-likeness (QED) is 0.208. The molecule has 0 fully saturated rings. The Kier molecular flexibility index (Phi) is 5.64. The Balaban J connectivity index is 1.40. The Labute approximate surface area is 257 Å². The number of hydrogen-bond acceptors (Lipinski definition) is 4. The van der Waals surface area contributed by atoms with Crippen LogP contribution < -0.4 is 0 Å². The molecule has 5 heteroatoms. The van der Waals surface area contributed by atoms with E-state index in [1.54, 1.807) is 11.3 Å². The third-order valence-corrected chi connectivity index (χ3v) is 9.38. The molecule has 6 aromatic carbocycles. The maximum atomic E-state index is 5.30. The monoisotopic (exact) mass is 580 g/mol. The van der Waals surface area contributed by atoms with Gasteiger partial charge in [-0.15, -0.1) is 11.3 Å². The van der Waals surface area contributed by atoms with Gasteiger partial charge in [-0.2, -0.15) is 0 Å². The first kappa shape index (κ1) is 24.9. The molecule has 0 aliphatic carbocycles. The standard InChI is InChI=1S/C39H24N4S/c1-4-12-25(13-5-1)28-20-23-34-31(24-28)29-21-22-33-37(44-38(40-33)27-16-8-3-9-17-27)36(29)43(34)39-41-32-19-11-10-18-30(32)35(42-39)26-14-6-2-7-15-26/h1-24H. The smallest absolute Gasteiger partial charge is 0.235 e. The second-order valence-electron chi connectivity index (χ2n) is 10.9. The predicted octanol–water partition coefficient (Wildman–Crippen LogP) is 10.3. The summed E-state index contributed by atoms with van der Waals surface area (Å²) >= 11 is 1.72.